The highest BCUT2D eigenvalue weighted by atomic mass is 19.1. The highest BCUT2D eigenvalue weighted by Gasteiger charge is 2.18. The first-order valence-electron chi connectivity index (χ1n) is 5.68. The molecule has 0 fully saturated rings. The van der Waals surface area contributed by atoms with Crippen LogP contribution in [-0.2, 0) is 4.79 Å². The Bertz CT molecular complexity index is 376. The maximum Gasteiger partial charge on any atom is 0.224 e. The van der Waals surface area contributed by atoms with Gasteiger partial charge in [-0.2, -0.15) is 0 Å². The lowest BCUT2D eigenvalue weighted by Crippen LogP contribution is -2.33. The standard InChI is InChI=1S/C13H19FN2O/c1-9(15)8-13(17)16(3)10(2)11-4-6-12(14)7-5-11/h4-7,9-10H,8,15H2,1-3H3. The molecule has 94 valence electrons. The molecule has 1 aromatic rings. The van der Waals surface area contributed by atoms with Gasteiger partial charge < -0.3 is 10.6 Å². The summed E-state index contributed by atoms with van der Waals surface area (Å²) in [5.74, 6) is -0.276. The van der Waals surface area contributed by atoms with E-state index in [0.717, 1.165) is 5.56 Å². The molecule has 1 rings (SSSR count). The zero-order valence-corrected chi connectivity index (χ0v) is 10.5. The Morgan fingerprint density at radius 3 is 2.35 bits per heavy atom. The third-order valence-corrected chi connectivity index (χ3v) is 2.82. The van der Waals surface area contributed by atoms with Gasteiger partial charge in [-0.15, -0.1) is 0 Å². The Hall–Kier alpha value is -1.42. The van der Waals surface area contributed by atoms with E-state index in [4.69, 9.17) is 5.73 Å². The fraction of sp³-hybridized carbons (Fsp3) is 0.462. The van der Waals surface area contributed by atoms with Gasteiger partial charge in [-0.25, -0.2) is 4.39 Å². The predicted molar refractivity (Wildman–Crippen MR) is 65.9 cm³/mol. The minimum absolute atomic E-state index is 0.00294. The van der Waals surface area contributed by atoms with Gasteiger partial charge in [-0.05, 0) is 31.5 Å². The van der Waals surface area contributed by atoms with Crippen molar-refractivity contribution < 1.29 is 9.18 Å². The van der Waals surface area contributed by atoms with E-state index in [1.54, 1.807) is 31.0 Å². The van der Waals surface area contributed by atoms with Crippen molar-refractivity contribution in [2.75, 3.05) is 7.05 Å². The Labute approximate surface area is 101 Å². The molecule has 1 amide bonds. The van der Waals surface area contributed by atoms with Crippen molar-refractivity contribution in [3.05, 3.63) is 35.6 Å². The summed E-state index contributed by atoms with van der Waals surface area (Å²) in [5, 5.41) is 0. The van der Waals surface area contributed by atoms with E-state index in [2.05, 4.69) is 0 Å². The molecule has 0 heterocycles. The number of hydrogen-bond donors (Lipinski definition) is 1. The SMILES string of the molecule is CC(N)CC(=O)N(C)C(C)c1ccc(F)cc1. The Kier molecular flexibility index (Phi) is 4.63. The lowest BCUT2D eigenvalue weighted by Gasteiger charge is -2.26. The summed E-state index contributed by atoms with van der Waals surface area (Å²) < 4.78 is 12.8. The van der Waals surface area contributed by atoms with Gasteiger partial charge in [-0.3, -0.25) is 4.79 Å². The molecular weight excluding hydrogens is 219 g/mol. The fourth-order valence-electron chi connectivity index (χ4n) is 1.60. The molecule has 0 aliphatic heterocycles. The van der Waals surface area contributed by atoms with E-state index in [1.165, 1.54) is 12.1 Å². The van der Waals surface area contributed by atoms with Gasteiger partial charge in [0.2, 0.25) is 5.91 Å². The van der Waals surface area contributed by atoms with E-state index in [0.29, 0.717) is 6.42 Å². The van der Waals surface area contributed by atoms with E-state index in [9.17, 15) is 9.18 Å². The van der Waals surface area contributed by atoms with Crippen molar-refractivity contribution in [3.8, 4) is 0 Å². The number of carbonyl (C=O) groups is 1. The molecule has 17 heavy (non-hydrogen) atoms. The monoisotopic (exact) mass is 238 g/mol. The first kappa shape index (κ1) is 13.6. The number of hydrogen-bond acceptors (Lipinski definition) is 2. The van der Waals surface area contributed by atoms with Crippen LogP contribution in [0.15, 0.2) is 24.3 Å². The number of nitrogens with zero attached hydrogens (tertiary/aromatic N) is 1. The van der Waals surface area contributed by atoms with Crippen molar-refractivity contribution in [2.24, 2.45) is 5.73 Å². The van der Waals surface area contributed by atoms with Crippen LogP contribution in [0.3, 0.4) is 0 Å². The van der Waals surface area contributed by atoms with E-state index in [1.807, 2.05) is 6.92 Å². The maximum atomic E-state index is 12.8. The van der Waals surface area contributed by atoms with Crippen molar-refractivity contribution in [1.29, 1.82) is 0 Å². The van der Waals surface area contributed by atoms with Crippen LogP contribution in [0.4, 0.5) is 4.39 Å². The van der Waals surface area contributed by atoms with E-state index >= 15 is 0 Å². The summed E-state index contributed by atoms with van der Waals surface area (Å²) in [6.07, 6.45) is 0.321. The molecule has 2 atom stereocenters. The lowest BCUT2D eigenvalue weighted by molar-refractivity contribution is -0.132. The predicted octanol–water partition coefficient (Wildman–Crippen LogP) is 2.08. The number of benzene rings is 1. The first-order valence-corrected chi connectivity index (χ1v) is 5.68. The second-order valence-corrected chi connectivity index (χ2v) is 4.41. The summed E-state index contributed by atoms with van der Waals surface area (Å²) in [6.45, 7) is 3.71. The first-order chi connectivity index (χ1) is 7.91. The number of amides is 1. The van der Waals surface area contributed by atoms with Crippen molar-refractivity contribution in [2.45, 2.75) is 32.4 Å². The summed E-state index contributed by atoms with van der Waals surface area (Å²) >= 11 is 0. The minimum Gasteiger partial charge on any atom is -0.339 e. The van der Waals surface area contributed by atoms with Crippen molar-refractivity contribution in [3.63, 3.8) is 0 Å². The van der Waals surface area contributed by atoms with Crippen LogP contribution >= 0.6 is 0 Å². The third-order valence-electron chi connectivity index (χ3n) is 2.82. The largest absolute Gasteiger partial charge is 0.339 e. The molecule has 4 heteroatoms. The highest BCUT2D eigenvalue weighted by molar-refractivity contribution is 5.76. The van der Waals surface area contributed by atoms with Gasteiger partial charge in [0.05, 0.1) is 6.04 Å². The second-order valence-electron chi connectivity index (χ2n) is 4.41. The average molecular weight is 238 g/mol. The highest BCUT2D eigenvalue weighted by Crippen LogP contribution is 2.19. The van der Waals surface area contributed by atoms with Gasteiger partial charge in [0, 0.05) is 19.5 Å². The second kappa shape index (κ2) is 5.77. The zero-order chi connectivity index (χ0) is 13.0. The van der Waals surface area contributed by atoms with Gasteiger partial charge in [0.1, 0.15) is 5.82 Å². The molecule has 3 nitrogen and oxygen atoms in total. The molecule has 2 N–H and O–H groups in total. The van der Waals surface area contributed by atoms with Gasteiger partial charge in [0.25, 0.3) is 0 Å². The molecule has 0 aromatic heterocycles. The molecule has 0 aliphatic carbocycles. The van der Waals surface area contributed by atoms with Crippen LogP contribution in [0.5, 0.6) is 0 Å². The van der Waals surface area contributed by atoms with Crippen LogP contribution in [-0.4, -0.2) is 23.9 Å². The molecular formula is C13H19FN2O. The van der Waals surface area contributed by atoms with E-state index < -0.39 is 0 Å². The van der Waals surface area contributed by atoms with Crippen LogP contribution in [0.25, 0.3) is 0 Å². The normalized spacial score (nSPS) is 14.2. The van der Waals surface area contributed by atoms with Crippen molar-refractivity contribution >= 4 is 5.91 Å². The number of nitrogens with two attached hydrogens (primary N) is 1. The van der Waals surface area contributed by atoms with Gasteiger partial charge >= 0.3 is 0 Å². The Balaban J connectivity index is 2.72. The Morgan fingerprint density at radius 1 is 1.35 bits per heavy atom. The molecule has 0 saturated carbocycles. The molecule has 0 saturated heterocycles. The third kappa shape index (κ3) is 3.82. The van der Waals surface area contributed by atoms with Crippen LogP contribution in [0.2, 0.25) is 0 Å². The number of rotatable bonds is 4. The summed E-state index contributed by atoms with van der Waals surface area (Å²) in [4.78, 5) is 13.4. The molecule has 1 aromatic carbocycles. The average Bonchev–Trinajstić information content (AvgIpc) is 2.27. The molecule has 0 bridgehead atoms. The van der Waals surface area contributed by atoms with Crippen LogP contribution in [0, 0.1) is 5.82 Å². The number of halogens is 1. The smallest absolute Gasteiger partial charge is 0.224 e. The molecule has 2 unspecified atom stereocenters. The minimum atomic E-state index is -0.273. The maximum absolute atomic E-state index is 12.8. The zero-order valence-electron chi connectivity index (χ0n) is 10.5. The molecule has 0 spiro atoms. The molecule has 0 radical (unpaired) electrons. The van der Waals surface area contributed by atoms with Gasteiger partial charge in [-0.1, -0.05) is 12.1 Å². The number of carbonyl (C=O) groups excluding carboxylic acids is 1. The quantitative estimate of drug-likeness (QED) is 0.873. The Morgan fingerprint density at radius 2 is 1.88 bits per heavy atom. The summed E-state index contributed by atoms with van der Waals surface area (Å²) in [6, 6.07) is 5.95. The molecule has 0 aliphatic rings. The van der Waals surface area contributed by atoms with Gasteiger partial charge in [0.15, 0.2) is 0 Å². The van der Waals surface area contributed by atoms with E-state index in [-0.39, 0.29) is 23.8 Å². The summed E-state index contributed by atoms with van der Waals surface area (Å²) in [5.41, 5.74) is 6.50. The fourth-order valence-corrected chi connectivity index (χ4v) is 1.60. The van der Waals surface area contributed by atoms with Crippen LogP contribution < -0.4 is 5.73 Å². The lowest BCUT2D eigenvalue weighted by atomic mass is 10.1. The van der Waals surface area contributed by atoms with Crippen molar-refractivity contribution in [1.82, 2.24) is 4.90 Å². The van der Waals surface area contributed by atoms with Crippen LogP contribution in [0.1, 0.15) is 31.9 Å². The topological polar surface area (TPSA) is 46.3 Å². The summed E-state index contributed by atoms with van der Waals surface area (Å²) in [7, 11) is 1.73.